The van der Waals surface area contributed by atoms with Gasteiger partial charge in [0.05, 0.1) is 18.2 Å². The number of nitrogens with zero attached hydrogens (tertiary/aromatic N) is 1. The SMILES string of the molecule is CC(=O)N[C@@H](CC(=O)Nc1cc(Br)cnc1Cl)c1ccccc1. The number of benzene rings is 1. The lowest BCUT2D eigenvalue weighted by Crippen LogP contribution is -2.29. The Kier molecular flexibility index (Phi) is 6.12. The molecule has 120 valence electrons. The monoisotopic (exact) mass is 395 g/mol. The molecule has 1 aromatic heterocycles. The summed E-state index contributed by atoms with van der Waals surface area (Å²) in [5.74, 6) is -0.469. The molecule has 2 N–H and O–H groups in total. The zero-order chi connectivity index (χ0) is 16.8. The van der Waals surface area contributed by atoms with E-state index in [-0.39, 0.29) is 23.4 Å². The van der Waals surface area contributed by atoms with Crippen molar-refractivity contribution < 1.29 is 9.59 Å². The summed E-state index contributed by atoms with van der Waals surface area (Å²) in [4.78, 5) is 27.6. The van der Waals surface area contributed by atoms with E-state index in [9.17, 15) is 9.59 Å². The minimum absolute atomic E-state index is 0.0897. The van der Waals surface area contributed by atoms with Crippen molar-refractivity contribution in [2.24, 2.45) is 0 Å². The molecule has 0 saturated heterocycles. The van der Waals surface area contributed by atoms with E-state index in [1.165, 1.54) is 6.92 Å². The van der Waals surface area contributed by atoms with Gasteiger partial charge < -0.3 is 10.6 Å². The average molecular weight is 397 g/mol. The number of halogens is 2. The van der Waals surface area contributed by atoms with E-state index in [1.807, 2.05) is 30.3 Å². The second-order valence-corrected chi connectivity index (χ2v) is 6.18. The van der Waals surface area contributed by atoms with Crippen LogP contribution in [0.3, 0.4) is 0 Å². The minimum atomic E-state index is -0.410. The van der Waals surface area contributed by atoms with Gasteiger partial charge in [-0.15, -0.1) is 0 Å². The molecule has 2 rings (SSSR count). The van der Waals surface area contributed by atoms with Gasteiger partial charge in [0.25, 0.3) is 0 Å². The Morgan fingerprint density at radius 2 is 2.00 bits per heavy atom. The molecule has 0 aliphatic rings. The van der Waals surface area contributed by atoms with Crippen LogP contribution in [0.5, 0.6) is 0 Å². The number of anilines is 1. The number of amides is 2. The molecule has 7 heteroatoms. The van der Waals surface area contributed by atoms with Crippen molar-refractivity contribution >= 4 is 45.0 Å². The third-order valence-electron chi connectivity index (χ3n) is 3.05. The molecule has 0 bridgehead atoms. The highest BCUT2D eigenvalue weighted by molar-refractivity contribution is 9.10. The molecule has 0 spiro atoms. The Morgan fingerprint density at radius 1 is 1.30 bits per heavy atom. The van der Waals surface area contributed by atoms with E-state index < -0.39 is 6.04 Å². The van der Waals surface area contributed by atoms with Gasteiger partial charge in [-0.3, -0.25) is 9.59 Å². The third-order valence-corrected chi connectivity index (χ3v) is 3.78. The molecule has 2 amide bonds. The van der Waals surface area contributed by atoms with E-state index >= 15 is 0 Å². The summed E-state index contributed by atoms with van der Waals surface area (Å²) in [6.45, 7) is 1.42. The van der Waals surface area contributed by atoms with Crippen LogP contribution in [0.1, 0.15) is 24.9 Å². The third kappa shape index (κ3) is 5.33. The van der Waals surface area contributed by atoms with Crippen LogP contribution in [0.25, 0.3) is 0 Å². The number of nitrogens with one attached hydrogen (secondary N) is 2. The predicted molar refractivity (Wildman–Crippen MR) is 93.2 cm³/mol. The summed E-state index contributed by atoms with van der Waals surface area (Å²) in [5.41, 5.74) is 1.27. The Hall–Kier alpha value is -1.92. The van der Waals surface area contributed by atoms with Gasteiger partial charge in [-0.1, -0.05) is 41.9 Å². The molecule has 1 aromatic carbocycles. The van der Waals surface area contributed by atoms with Crippen LogP contribution in [0, 0.1) is 0 Å². The molecule has 0 unspecified atom stereocenters. The van der Waals surface area contributed by atoms with E-state index in [1.54, 1.807) is 12.3 Å². The van der Waals surface area contributed by atoms with E-state index in [0.717, 1.165) is 5.56 Å². The average Bonchev–Trinajstić information content (AvgIpc) is 2.51. The van der Waals surface area contributed by atoms with E-state index in [2.05, 4.69) is 31.5 Å². The fourth-order valence-electron chi connectivity index (χ4n) is 2.08. The van der Waals surface area contributed by atoms with E-state index in [4.69, 9.17) is 11.6 Å². The lowest BCUT2D eigenvalue weighted by Gasteiger charge is -2.18. The lowest BCUT2D eigenvalue weighted by molar-refractivity contribution is -0.120. The number of aromatic nitrogens is 1. The van der Waals surface area contributed by atoms with Crippen molar-refractivity contribution in [2.75, 3.05) is 5.32 Å². The second-order valence-electron chi connectivity index (χ2n) is 4.91. The van der Waals surface area contributed by atoms with Crippen LogP contribution in [-0.4, -0.2) is 16.8 Å². The van der Waals surface area contributed by atoms with Crippen LogP contribution >= 0.6 is 27.5 Å². The molecule has 0 radical (unpaired) electrons. The van der Waals surface area contributed by atoms with Gasteiger partial charge >= 0.3 is 0 Å². The molecule has 0 aliphatic heterocycles. The van der Waals surface area contributed by atoms with Crippen molar-refractivity contribution in [3.8, 4) is 0 Å². The number of carbonyl (C=O) groups excluding carboxylic acids is 2. The number of carbonyl (C=O) groups is 2. The maximum Gasteiger partial charge on any atom is 0.226 e. The normalized spacial score (nSPS) is 11.6. The van der Waals surface area contributed by atoms with Gasteiger partial charge in [-0.2, -0.15) is 0 Å². The molecule has 2 aromatic rings. The van der Waals surface area contributed by atoms with Gasteiger partial charge in [-0.05, 0) is 27.6 Å². The first-order chi connectivity index (χ1) is 11.0. The standard InChI is InChI=1S/C16H15BrClN3O2/c1-10(22)20-13(11-5-3-2-4-6-11)8-15(23)21-14-7-12(17)9-19-16(14)18/h2-7,9,13H,8H2,1H3,(H,20,22)(H,21,23)/t13-/m0/s1. The molecule has 1 atom stereocenters. The lowest BCUT2D eigenvalue weighted by atomic mass is 10.0. The molecule has 23 heavy (non-hydrogen) atoms. The van der Waals surface area contributed by atoms with Gasteiger partial charge in [0.15, 0.2) is 5.15 Å². The predicted octanol–water partition coefficient (Wildman–Crippen LogP) is 3.70. The highest BCUT2D eigenvalue weighted by atomic mass is 79.9. The molecule has 5 nitrogen and oxygen atoms in total. The van der Waals surface area contributed by atoms with Crippen LogP contribution in [0.15, 0.2) is 47.1 Å². The molecular formula is C16H15BrClN3O2. The summed E-state index contributed by atoms with van der Waals surface area (Å²) in [6, 6.07) is 10.6. The van der Waals surface area contributed by atoms with Crippen molar-refractivity contribution in [3.63, 3.8) is 0 Å². The summed E-state index contributed by atoms with van der Waals surface area (Å²) in [6.07, 6.45) is 1.63. The fraction of sp³-hybridized carbons (Fsp3) is 0.188. The first-order valence-electron chi connectivity index (χ1n) is 6.88. The number of hydrogen-bond donors (Lipinski definition) is 2. The Balaban J connectivity index is 2.11. The maximum atomic E-state index is 12.3. The summed E-state index contributed by atoms with van der Waals surface area (Å²) < 4.78 is 0.707. The molecule has 0 saturated carbocycles. The molecule has 0 fully saturated rings. The Morgan fingerprint density at radius 3 is 2.65 bits per heavy atom. The molecule has 0 aliphatic carbocycles. The van der Waals surface area contributed by atoms with Crippen LogP contribution in [0.2, 0.25) is 5.15 Å². The topological polar surface area (TPSA) is 71.1 Å². The number of hydrogen-bond acceptors (Lipinski definition) is 3. The van der Waals surface area contributed by atoms with Gasteiger partial charge in [0.1, 0.15) is 0 Å². The van der Waals surface area contributed by atoms with Crippen molar-refractivity contribution in [2.45, 2.75) is 19.4 Å². The van der Waals surface area contributed by atoms with Crippen molar-refractivity contribution in [1.82, 2.24) is 10.3 Å². The first kappa shape index (κ1) is 17.4. The zero-order valence-corrected chi connectivity index (χ0v) is 14.7. The van der Waals surface area contributed by atoms with E-state index in [0.29, 0.717) is 10.2 Å². The summed E-state index contributed by atoms with van der Waals surface area (Å²) in [5, 5.41) is 5.70. The summed E-state index contributed by atoms with van der Waals surface area (Å²) in [7, 11) is 0. The Bertz CT molecular complexity index is 710. The quantitative estimate of drug-likeness (QED) is 0.757. The van der Waals surface area contributed by atoms with Gasteiger partial charge in [-0.25, -0.2) is 4.98 Å². The highest BCUT2D eigenvalue weighted by Gasteiger charge is 2.18. The highest BCUT2D eigenvalue weighted by Crippen LogP contribution is 2.24. The number of rotatable bonds is 5. The summed E-state index contributed by atoms with van der Waals surface area (Å²) >= 11 is 9.24. The molecular weight excluding hydrogens is 382 g/mol. The van der Waals surface area contributed by atoms with Crippen LogP contribution in [-0.2, 0) is 9.59 Å². The van der Waals surface area contributed by atoms with Crippen molar-refractivity contribution in [3.05, 3.63) is 57.8 Å². The second kappa shape index (κ2) is 8.08. The molecule has 1 heterocycles. The van der Waals surface area contributed by atoms with Crippen molar-refractivity contribution in [1.29, 1.82) is 0 Å². The minimum Gasteiger partial charge on any atom is -0.349 e. The van der Waals surface area contributed by atoms with Crippen LogP contribution < -0.4 is 10.6 Å². The zero-order valence-electron chi connectivity index (χ0n) is 12.3. The maximum absolute atomic E-state index is 12.3. The largest absolute Gasteiger partial charge is 0.349 e. The first-order valence-corrected chi connectivity index (χ1v) is 8.05. The Labute approximate surface area is 147 Å². The van der Waals surface area contributed by atoms with Gasteiger partial charge in [0, 0.05) is 17.6 Å². The number of pyridine rings is 1. The fourth-order valence-corrected chi connectivity index (χ4v) is 2.56. The smallest absolute Gasteiger partial charge is 0.226 e. The van der Waals surface area contributed by atoms with Gasteiger partial charge in [0.2, 0.25) is 11.8 Å². The van der Waals surface area contributed by atoms with Crippen LogP contribution in [0.4, 0.5) is 5.69 Å².